The molecule has 0 bridgehead atoms. The first-order chi connectivity index (χ1) is 9.06. The van der Waals surface area contributed by atoms with Crippen LogP contribution >= 0.6 is 27.3 Å². The summed E-state index contributed by atoms with van der Waals surface area (Å²) in [4.78, 5) is 24.0. The number of methoxy groups -OCH3 is 1. The van der Waals surface area contributed by atoms with Crippen molar-refractivity contribution in [1.82, 2.24) is 5.32 Å². The number of carbonyl (C=O) groups excluding carboxylic acids is 2. The van der Waals surface area contributed by atoms with Crippen LogP contribution in [0.2, 0.25) is 0 Å². The number of hydrogen-bond donors (Lipinski definition) is 2. The van der Waals surface area contributed by atoms with Gasteiger partial charge in [0.1, 0.15) is 0 Å². The molecule has 5 nitrogen and oxygen atoms in total. The summed E-state index contributed by atoms with van der Waals surface area (Å²) in [6, 6.07) is 3.00. The molecule has 0 spiro atoms. The molecule has 0 saturated heterocycles. The first-order valence-corrected chi connectivity index (χ1v) is 7.40. The topological polar surface area (TPSA) is 75.6 Å². The average molecular weight is 350 g/mol. The lowest BCUT2D eigenvalue weighted by Crippen LogP contribution is -2.43. The highest BCUT2D eigenvalue weighted by Crippen LogP contribution is 2.23. The standard InChI is InChI=1S/C12H16BrNO4S/c1-18-12(17)9(7-15)14-11(16)4-2-3-8-5-6-10(13)19-8/h5-6,9,15H,2-4,7H2,1H3,(H,14,16). The third-order valence-corrected chi connectivity index (χ3v) is 4.14. The van der Waals surface area contributed by atoms with Gasteiger partial charge in [-0.1, -0.05) is 0 Å². The van der Waals surface area contributed by atoms with Gasteiger partial charge in [-0.25, -0.2) is 4.79 Å². The molecule has 0 aromatic carbocycles. The lowest BCUT2D eigenvalue weighted by atomic mass is 10.2. The van der Waals surface area contributed by atoms with E-state index >= 15 is 0 Å². The molecular formula is C12H16BrNO4S. The van der Waals surface area contributed by atoms with Crippen molar-refractivity contribution in [2.45, 2.75) is 25.3 Å². The number of esters is 1. The molecule has 7 heteroatoms. The number of aryl methyl sites for hydroxylation is 1. The van der Waals surface area contributed by atoms with Crippen molar-refractivity contribution in [2.24, 2.45) is 0 Å². The minimum atomic E-state index is -0.978. The van der Waals surface area contributed by atoms with Crippen LogP contribution in [0.5, 0.6) is 0 Å². The number of amides is 1. The van der Waals surface area contributed by atoms with Crippen molar-refractivity contribution in [3.63, 3.8) is 0 Å². The van der Waals surface area contributed by atoms with E-state index in [4.69, 9.17) is 5.11 Å². The molecule has 1 rings (SSSR count). The molecule has 1 aromatic heterocycles. The molecule has 0 fully saturated rings. The first-order valence-electron chi connectivity index (χ1n) is 5.79. The van der Waals surface area contributed by atoms with Crippen LogP contribution in [0.1, 0.15) is 17.7 Å². The minimum absolute atomic E-state index is 0.264. The molecule has 1 aromatic rings. The van der Waals surface area contributed by atoms with Gasteiger partial charge in [-0.3, -0.25) is 4.79 Å². The van der Waals surface area contributed by atoms with E-state index in [9.17, 15) is 9.59 Å². The lowest BCUT2D eigenvalue weighted by Gasteiger charge is -2.13. The minimum Gasteiger partial charge on any atom is -0.467 e. The summed E-state index contributed by atoms with van der Waals surface area (Å²) in [5, 5.41) is 11.4. The Kier molecular flexibility index (Phi) is 7.04. The highest BCUT2D eigenvalue weighted by atomic mass is 79.9. The number of aliphatic hydroxyl groups excluding tert-OH is 1. The van der Waals surface area contributed by atoms with Crippen LogP contribution in [0.4, 0.5) is 0 Å². The van der Waals surface area contributed by atoms with Gasteiger partial charge < -0.3 is 15.2 Å². The van der Waals surface area contributed by atoms with Crippen molar-refractivity contribution in [3.05, 3.63) is 20.8 Å². The van der Waals surface area contributed by atoms with Crippen molar-refractivity contribution < 1.29 is 19.4 Å². The average Bonchev–Trinajstić information content (AvgIpc) is 2.80. The Morgan fingerprint density at radius 2 is 2.26 bits per heavy atom. The number of rotatable bonds is 7. The van der Waals surface area contributed by atoms with Crippen molar-refractivity contribution >= 4 is 39.1 Å². The fourth-order valence-corrected chi connectivity index (χ4v) is 3.02. The van der Waals surface area contributed by atoms with Crippen molar-refractivity contribution in [1.29, 1.82) is 0 Å². The number of thiophene rings is 1. The van der Waals surface area contributed by atoms with Gasteiger partial charge in [-0.2, -0.15) is 0 Å². The van der Waals surface area contributed by atoms with Gasteiger partial charge in [-0.05, 0) is 40.9 Å². The van der Waals surface area contributed by atoms with Crippen molar-refractivity contribution in [2.75, 3.05) is 13.7 Å². The van der Waals surface area contributed by atoms with Crippen LogP contribution < -0.4 is 5.32 Å². The quantitative estimate of drug-likeness (QED) is 0.731. The molecule has 19 heavy (non-hydrogen) atoms. The maximum absolute atomic E-state index is 11.6. The molecule has 0 radical (unpaired) electrons. The summed E-state index contributed by atoms with van der Waals surface area (Å²) in [6.45, 7) is -0.462. The third-order valence-electron chi connectivity index (χ3n) is 2.46. The van der Waals surface area contributed by atoms with Crippen LogP contribution in [0.15, 0.2) is 15.9 Å². The fraction of sp³-hybridized carbons (Fsp3) is 0.500. The molecule has 0 aliphatic carbocycles. The highest BCUT2D eigenvalue weighted by molar-refractivity contribution is 9.11. The zero-order valence-electron chi connectivity index (χ0n) is 10.5. The third kappa shape index (κ3) is 5.71. The second-order valence-electron chi connectivity index (χ2n) is 3.89. The van der Waals surface area contributed by atoms with Crippen LogP contribution in [0.25, 0.3) is 0 Å². The maximum Gasteiger partial charge on any atom is 0.330 e. The number of nitrogens with one attached hydrogen (secondary N) is 1. The molecule has 0 aliphatic rings. The number of hydrogen-bond acceptors (Lipinski definition) is 5. The second-order valence-corrected chi connectivity index (χ2v) is 6.43. The summed E-state index contributed by atoms with van der Waals surface area (Å²) < 4.78 is 5.53. The smallest absolute Gasteiger partial charge is 0.330 e. The van der Waals surface area contributed by atoms with E-state index in [-0.39, 0.29) is 5.91 Å². The zero-order chi connectivity index (χ0) is 14.3. The first kappa shape index (κ1) is 16.1. The monoisotopic (exact) mass is 349 g/mol. The Morgan fingerprint density at radius 3 is 2.79 bits per heavy atom. The maximum atomic E-state index is 11.6. The molecule has 1 heterocycles. The normalized spacial score (nSPS) is 11.9. The summed E-state index contributed by atoms with van der Waals surface area (Å²) in [7, 11) is 1.21. The van der Waals surface area contributed by atoms with E-state index < -0.39 is 18.6 Å². The van der Waals surface area contributed by atoms with E-state index in [1.807, 2.05) is 12.1 Å². The Hall–Kier alpha value is -0.920. The van der Waals surface area contributed by atoms with Gasteiger partial charge in [0.05, 0.1) is 17.5 Å². The molecule has 0 aliphatic heterocycles. The molecule has 106 valence electrons. The van der Waals surface area contributed by atoms with Crippen LogP contribution in [-0.2, 0) is 20.7 Å². The number of carbonyl (C=O) groups is 2. The molecule has 0 saturated carbocycles. The van der Waals surface area contributed by atoms with Gasteiger partial charge in [0.2, 0.25) is 5.91 Å². The lowest BCUT2D eigenvalue weighted by molar-refractivity contribution is -0.146. The fourth-order valence-electron chi connectivity index (χ4n) is 1.50. The van der Waals surface area contributed by atoms with E-state index in [0.717, 1.165) is 10.2 Å². The van der Waals surface area contributed by atoms with E-state index in [1.54, 1.807) is 11.3 Å². The summed E-state index contributed by atoms with van der Waals surface area (Å²) in [6.07, 6.45) is 1.81. The summed E-state index contributed by atoms with van der Waals surface area (Å²) >= 11 is 5.02. The predicted octanol–water partition coefficient (Wildman–Crippen LogP) is 1.48. The number of aliphatic hydroxyl groups is 1. The SMILES string of the molecule is COC(=O)C(CO)NC(=O)CCCc1ccc(Br)s1. The van der Waals surface area contributed by atoms with Crippen molar-refractivity contribution in [3.8, 4) is 0 Å². The Labute approximate surface area is 124 Å². The van der Waals surface area contributed by atoms with Crippen LogP contribution in [-0.4, -0.2) is 36.7 Å². The molecule has 2 N–H and O–H groups in total. The summed E-state index contributed by atoms with van der Waals surface area (Å²) in [5.74, 6) is -0.905. The Balaban J connectivity index is 2.29. The van der Waals surface area contributed by atoms with Gasteiger partial charge in [0.25, 0.3) is 0 Å². The Morgan fingerprint density at radius 1 is 1.53 bits per heavy atom. The van der Waals surface area contributed by atoms with Gasteiger partial charge in [0, 0.05) is 11.3 Å². The molecular weight excluding hydrogens is 334 g/mol. The van der Waals surface area contributed by atoms with E-state index in [1.165, 1.54) is 12.0 Å². The Bertz CT molecular complexity index is 435. The molecule has 1 unspecified atom stereocenters. The van der Waals surface area contributed by atoms with Gasteiger partial charge in [0.15, 0.2) is 6.04 Å². The highest BCUT2D eigenvalue weighted by Gasteiger charge is 2.19. The van der Waals surface area contributed by atoms with Gasteiger partial charge >= 0.3 is 5.97 Å². The predicted molar refractivity (Wildman–Crippen MR) is 76.0 cm³/mol. The second kappa shape index (κ2) is 8.29. The zero-order valence-corrected chi connectivity index (χ0v) is 12.9. The van der Waals surface area contributed by atoms with Crippen LogP contribution in [0, 0.1) is 0 Å². The molecule has 1 amide bonds. The van der Waals surface area contributed by atoms with Crippen LogP contribution in [0.3, 0.4) is 0 Å². The van der Waals surface area contributed by atoms with E-state index in [0.29, 0.717) is 12.8 Å². The van der Waals surface area contributed by atoms with Gasteiger partial charge in [-0.15, -0.1) is 11.3 Å². The number of halogens is 1. The largest absolute Gasteiger partial charge is 0.467 e. The number of ether oxygens (including phenoxy) is 1. The van der Waals surface area contributed by atoms with E-state index in [2.05, 4.69) is 26.0 Å². The summed E-state index contributed by atoms with van der Waals surface area (Å²) in [5.41, 5.74) is 0. The molecule has 1 atom stereocenters.